The Morgan fingerprint density at radius 2 is 1.17 bits per heavy atom. The first-order valence-corrected chi connectivity index (χ1v) is 21.1. The lowest BCUT2D eigenvalue weighted by Crippen LogP contribution is -2.37. The summed E-state index contributed by atoms with van der Waals surface area (Å²) in [5.74, 6) is -1.97. The van der Waals surface area contributed by atoms with Crippen LogP contribution >= 0.6 is 0 Å². The Hall–Kier alpha value is -2.95. The fraction of sp³-hybridized carbons (Fsp3) is 0.837. The van der Waals surface area contributed by atoms with Crippen molar-refractivity contribution >= 4 is 29.8 Å². The molecule has 7 unspecified atom stereocenters. The maximum absolute atomic E-state index is 12.2. The number of carbonyl (C=O) groups is 5. The van der Waals surface area contributed by atoms with Crippen molar-refractivity contribution in [2.75, 3.05) is 0 Å². The summed E-state index contributed by atoms with van der Waals surface area (Å²) in [6.07, 6.45) is 21.3. The number of rotatable bonds is 30. The minimum Gasteiger partial charge on any atom is -0.462 e. The van der Waals surface area contributed by atoms with E-state index in [1.807, 2.05) is 0 Å². The Labute approximate surface area is 325 Å². The van der Waals surface area contributed by atoms with Gasteiger partial charge in [0, 0.05) is 39.7 Å². The van der Waals surface area contributed by atoms with Gasteiger partial charge in [-0.05, 0) is 70.8 Å². The summed E-state index contributed by atoms with van der Waals surface area (Å²) in [5, 5.41) is 0. The molecular weight excluding hydrogens is 692 g/mol. The third kappa shape index (κ3) is 21.2. The molecule has 0 saturated carbocycles. The van der Waals surface area contributed by atoms with Crippen molar-refractivity contribution in [3.63, 3.8) is 0 Å². The second-order valence-electron chi connectivity index (χ2n) is 15.4. The summed E-state index contributed by atoms with van der Waals surface area (Å²) in [4.78, 5) is 60.1. The zero-order chi connectivity index (χ0) is 39.7. The third-order valence-electron chi connectivity index (χ3n) is 10.3. The molecule has 11 nitrogen and oxygen atoms in total. The lowest BCUT2D eigenvalue weighted by molar-refractivity contribution is -0.169. The monoisotopic (exact) mass is 765 g/mol. The largest absolute Gasteiger partial charge is 0.462 e. The lowest BCUT2D eigenvalue weighted by atomic mass is 9.97. The molecule has 0 spiro atoms. The molecule has 0 bridgehead atoms. The molecule has 2 rings (SSSR count). The Morgan fingerprint density at radius 1 is 0.648 bits per heavy atom. The summed E-state index contributed by atoms with van der Waals surface area (Å²) in [5.41, 5.74) is 0.558. The fourth-order valence-electron chi connectivity index (χ4n) is 7.72. The first-order chi connectivity index (χ1) is 25.9. The number of carbonyl (C=O) groups excluding carboxylic acids is 5. The van der Waals surface area contributed by atoms with E-state index >= 15 is 0 Å². The van der Waals surface area contributed by atoms with E-state index in [1.165, 1.54) is 85.5 Å². The van der Waals surface area contributed by atoms with Crippen LogP contribution < -0.4 is 0 Å². The van der Waals surface area contributed by atoms with Gasteiger partial charge in [0.1, 0.15) is 30.5 Å². The van der Waals surface area contributed by atoms with E-state index in [-0.39, 0.29) is 36.4 Å². The average molecular weight is 765 g/mol. The normalized spacial score (nSPS) is 20.4. The lowest BCUT2D eigenvalue weighted by Gasteiger charge is -2.29. The second-order valence-corrected chi connectivity index (χ2v) is 15.4. The van der Waals surface area contributed by atoms with Gasteiger partial charge >= 0.3 is 29.8 Å². The highest BCUT2D eigenvalue weighted by Gasteiger charge is 2.36. The third-order valence-corrected chi connectivity index (χ3v) is 10.3. The maximum Gasteiger partial charge on any atom is 0.334 e. The molecule has 1 saturated heterocycles. The first-order valence-electron chi connectivity index (χ1n) is 21.1. The van der Waals surface area contributed by atoms with Crippen LogP contribution in [0.2, 0.25) is 0 Å². The molecule has 54 heavy (non-hydrogen) atoms. The van der Waals surface area contributed by atoms with Gasteiger partial charge in [0.15, 0.2) is 0 Å². The highest BCUT2D eigenvalue weighted by atomic mass is 16.6. The minimum atomic E-state index is -0.649. The zero-order valence-corrected chi connectivity index (χ0v) is 34.4. The van der Waals surface area contributed by atoms with Gasteiger partial charge in [0.2, 0.25) is 0 Å². The van der Waals surface area contributed by atoms with Gasteiger partial charge in [-0.2, -0.15) is 0 Å². The summed E-state index contributed by atoms with van der Waals surface area (Å²) >= 11 is 0. The Morgan fingerprint density at radius 3 is 1.70 bits per heavy atom. The number of hydrogen-bond donors (Lipinski definition) is 0. The van der Waals surface area contributed by atoms with E-state index in [0.29, 0.717) is 37.7 Å². The molecule has 0 aromatic rings. The molecule has 0 aliphatic carbocycles. The molecule has 0 radical (unpaired) electrons. The molecule has 310 valence electrons. The fourth-order valence-corrected chi connectivity index (χ4v) is 7.72. The Balaban J connectivity index is 1.82. The van der Waals surface area contributed by atoms with Crippen molar-refractivity contribution < 1.29 is 52.4 Å². The molecule has 2 aliphatic rings. The molecular formula is C43H72O11. The average Bonchev–Trinajstić information content (AvgIpc) is 3.69. The van der Waals surface area contributed by atoms with Gasteiger partial charge in [-0.15, -0.1) is 0 Å². The molecule has 0 amide bonds. The van der Waals surface area contributed by atoms with E-state index in [0.717, 1.165) is 57.8 Å². The van der Waals surface area contributed by atoms with E-state index in [1.54, 1.807) is 13.0 Å². The number of cyclic esters (lactones) is 1. The summed E-state index contributed by atoms with van der Waals surface area (Å²) in [7, 11) is 0. The van der Waals surface area contributed by atoms with Crippen LogP contribution in [0.15, 0.2) is 11.6 Å². The minimum absolute atomic E-state index is 0.0288. The van der Waals surface area contributed by atoms with Gasteiger partial charge in [-0.1, -0.05) is 90.4 Å². The van der Waals surface area contributed by atoms with Crippen LogP contribution in [0.1, 0.15) is 189 Å². The Kier molecular flexibility index (Phi) is 24.1. The van der Waals surface area contributed by atoms with Crippen LogP contribution in [-0.4, -0.2) is 72.6 Å². The molecule has 11 heteroatoms. The van der Waals surface area contributed by atoms with Crippen molar-refractivity contribution in [1.82, 2.24) is 0 Å². The predicted molar refractivity (Wildman–Crippen MR) is 206 cm³/mol. The molecule has 0 aromatic carbocycles. The van der Waals surface area contributed by atoms with Crippen molar-refractivity contribution in [3.8, 4) is 0 Å². The number of hydrogen-bond acceptors (Lipinski definition) is 11. The summed E-state index contributed by atoms with van der Waals surface area (Å²) < 4.78 is 34.3. The number of unbranched alkanes of at least 4 members (excludes halogenated alkanes) is 13. The van der Waals surface area contributed by atoms with E-state index < -0.39 is 36.2 Å². The van der Waals surface area contributed by atoms with Crippen LogP contribution in [0.5, 0.6) is 0 Å². The smallest absolute Gasteiger partial charge is 0.334 e. The second kappa shape index (κ2) is 27.6. The van der Waals surface area contributed by atoms with Gasteiger partial charge in [0.05, 0.1) is 12.2 Å². The number of ether oxygens (including phenoxy) is 6. The first kappa shape index (κ1) is 47.2. The van der Waals surface area contributed by atoms with Crippen molar-refractivity contribution in [2.45, 2.75) is 232 Å². The predicted octanol–water partition coefficient (Wildman–Crippen LogP) is 9.34. The van der Waals surface area contributed by atoms with Gasteiger partial charge < -0.3 is 28.4 Å². The van der Waals surface area contributed by atoms with Crippen LogP contribution in [0.25, 0.3) is 0 Å². The SMILES string of the molecule is CCCCCCCCCCCCCCC(OC(C)=O)C(CCC(OC(C)=O)C1CCC(CCCCCC(CC2=CC(C)OC2=O)OC(C)=O)O1)OC(C)=O. The van der Waals surface area contributed by atoms with Crippen LogP contribution in [0.4, 0.5) is 0 Å². The van der Waals surface area contributed by atoms with E-state index in [4.69, 9.17) is 28.4 Å². The molecule has 2 heterocycles. The van der Waals surface area contributed by atoms with Crippen LogP contribution in [0, 0.1) is 0 Å². The van der Waals surface area contributed by atoms with Crippen LogP contribution in [0.3, 0.4) is 0 Å². The van der Waals surface area contributed by atoms with Gasteiger partial charge in [0.25, 0.3) is 0 Å². The molecule has 0 N–H and O–H groups in total. The van der Waals surface area contributed by atoms with Gasteiger partial charge in [-0.25, -0.2) is 4.79 Å². The zero-order valence-electron chi connectivity index (χ0n) is 34.4. The van der Waals surface area contributed by atoms with Gasteiger partial charge in [-0.3, -0.25) is 19.2 Å². The van der Waals surface area contributed by atoms with Crippen molar-refractivity contribution in [3.05, 3.63) is 11.6 Å². The Bertz CT molecular complexity index is 1150. The van der Waals surface area contributed by atoms with Crippen molar-refractivity contribution in [2.24, 2.45) is 0 Å². The van der Waals surface area contributed by atoms with Crippen molar-refractivity contribution in [1.29, 1.82) is 0 Å². The number of esters is 5. The summed E-state index contributed by atoms with van der Waals surface area (Å²) in [6.45, 7) is 9.54. The molecule has 1 fully saturated rings. The molecule has 7 atom stereocenters. The quantitative estimate of drug-likeness (QED) is 0.0393. The maximum atomic E-state index is 12.2. The van der Waals surface area contributed by atoms with E-state index in [9.17, 15) is 24.0 Å². The topological polar surface area (TPSA) is 141 Å². The van der Waals surface area contributed by atoms with E-state index in [2.05, 4.69) is 6.92 Å². The molecule has 2 aliphatic heterocycles. The highest BCUT2D eigenvalue weighted by Crippen LogP contribution is 2.31. The van der Waals surface area contributed by atoms with Crippen LogP contribution in [-0.2, 0) is 52.4 Å². The summed E-state index contributed by atoms with van der Waals surface area (Å²) in [6, 6.07) is 0. The highest BCUT2D eigenvalue weighted by molar-refractivity contribution is 5.91. The standard InChI is InChI=1S/C43H72O11/c1-7-8-9-10-11-12-13-14-15-16-17-21-24-39(51-33(4)45)40(52-34(5)46)27-28-41(53-35(6)47)42-26-25-37(54-42)22-19-18-20-23-38(50-32(3)44)30-36-29-31(2)49-43(36)48/h29,31,37-42H,7-28,30H2,1-6H3. The molecule has 0 aromatic heterocycles.